The number of benzene rings is 4. The van der Waals surface area contributed by atoms with Crippen molar-refractivity contribution < 1.29 is 27.5 Å². The van der Waals surface area contributed by atoms with Gasteiger partial charge in [-0.05, 0) is 85.8 Å². The molecule has 0 heterocycles. The SMILES string of the molecule is CC[C@@H](C)NC(=O)[C@@H](Cc1ccccc1)N(Cc1ccc(Cl)cc1Cl)C(=O)CN(c1cc(C)cc(C)c1)S(=O)(=O)c1ccc(OC)c(OC)c1. The minimum absolute atomic E-state index is 0.0860. The first-order valence-electron chi connectivity index (χ1n) is 16.2. The lowest BCUT2D eigenvalue weighted by Gasteiger charge is -2.34. The number of methoxy groups -OCH3 is 2. The molecule has 0 saturated carbocycles. The maximum atomic E-state index is 14.8. The van der Waals surface area contributed by atoms with Gasteiger partial charge in [0.15, 0.2) is 11.5 Å². The van der Waals surface area contributed by atoms with Gasteiger partial charge < -0.3 is 19.7 Å². The molecule has 4 rings (SSSR count). The summed E-state index contributed by atoms with van der Waals surface area (Å²) < 4.78 is 40.9. The lowest BCUT2D eigenvalue weighted by atomic mass is 10.0. The second kappa shape index (κ2) is 17.1. The molecule has 4 aromatic rings. The topological polar surface area (TPSA) is 105 Å². The fourth-order valence-electron chi connectivity index (χ4n) is 5.56. The van der Waals surface area contributed by atoms with E-state index in [0.29, 0.717) is 33.5 Å². The van der Waals surface area contributed by atoms with Gasteiger partial charge in [0.05, 0.1) is 24.8 Å². The zero-order chi connectivity index (χ0) is 36.6. The van der Waals surface area contributed by atoms with Gasteiger partial charge in [-0.15, -0.1) is 0 Å². The Hall–Kier alpha value is -4.25. The average Bonchev–Trinajstić information content (AvgIpc) is 3.08. The number of sulfonamides is 1. The number of hydrogen-bond acceptors (Lipinski definition) is 6. The molecular weight excluding hydrogens is 697 g/mol. The summed E-state index contributed by atoms with van der Waals surface area (Å²) in [5.41, 5.74) is 3.26. The van der Waals surface area contributed by atoms with Crippen molar-refractivity contribution in [1.29, 1.82) is 0 Å². The first kappa shape index (κ1) is 38.6. The Morgan fingerprint density at radius 2 is 1.52 bits per heavy atom. The molecule has 0 saturated heterocycles. The first-order chi connectivity index (χ1) is 23.8. The van der Waals surface area contributed by atoms with Crippen LogP contribution in [0.2, 0.25) is 10.0 Å². The Morgan fingerprint density at radius 1 is 0.860 bits per heavy atom. The number of ether oxygens (including phenoxy) is 2. The lowest BCUT2D eigenvalue weighted by Crippen LogP contribution is -2.54. The monoisotopic (exact) mass is 739 g/mol. The molecule has 12 heteroatoms. The minimum Gasteiger partial charge on any atom is -0.493 e. The number of hydrogen-bond donors (Lipinski definition) is 1. The Kier molecular flexibility index (Phi) is 13.2. The molecule has 0 bridgehead atoms. The quantitative estimate of drug-likeness (QED) is 0.137. The molecule has 0 unspecified atom stereocenters. The van der Waals surface area contributed by atoms with Gasteiger partial charge in [0.2, 0.25) is 11.8 Å². The van der Waals surface area contributed by atoms with Crippen molar-refractivity contribution in [3.05, 3.63) is 117 Å². The van der Waals surface area contributed by atoms with Crippen molar-refractivity contribution >= 4 is 50.7 Å². The predicted molar refractivity (Wildman–Crippen MR) is 199 cm³/mol. The van der Waals surface area contributed by atoms with Crippen LogP contribution in [0.1, 0.15) is 42.5 Å². The third kappa shape index (κ3) is 9.50. The van der Waals surface area contributed by atoms with E-state index in [1.807, 2.05) is 64.1 Å². The standard InChI is InChI=1S/C38H43Cl2N3O6S/c1-7-27(4)41-38(45)34(20-28-11-9-8-10-12-28)42(23-29-13-14-30(39)21-33(29)40)37(44)24-43(31-18-25(2)17-26(3)19-31)50(46,47)32-15-16-35(48-5)36(22-32)49-6/h8-19,21-22,27,34H,7,20,23-24H2,1-6H3,(H,41,45)/t27-,34-/m1/s1. The second-order valence-electron chi connectivity index (χ2n) is 12.2. The van der Waals surface area contributed by atoms with E-state index in [0.717, 1.165) is 21.0 Å². The minimum atomic E-state index is -4.38. The highest BCUT2D eigenvalue weighted by atomic mass is 35.5. The van der Waals surface area contributed by atoms with Gasteiger partial charge in [0.1, 0.15) is 12.6 Å². The first-order valence-corrected chi connectivity index (χ1v) is 18.4. The van der Waals surface area contributed by atoms with Gasteiger partial charge in [-0.1, -0.05) is 72.6 Å². The maximum absolute atomic E-state index is 14.8. The zero-order valence-corrected chi connectivity index (χ0v) is 31.4. The Labute approximate surface area is 305 Å². The molecule has 9 nitrogen and oxygen atoms in total. The number of nitrogens with zero attached hydrogens (tertiary/aromatic N) is 2. The van der Waals surface area contributed by atoms with Gasteiger partial charge in [0.25, 0.3) is 10.0 Å². The number of nitrogens with one attached hydrogen (secondary N) is 1. The van der Waals surface area contributed by atoms with E-state index in [2.05, 4.69) is 5.32 Å². The summed E-state index contributed by atoms with van der Waals surface area (Å²) in [4.78, 5) is 30.2. The van der Waals surface area contributed by atoms with E-state index < -0.39 is 28.5 Å². The molecule has 0 radical (unpaired) electrons. The van der Waals surface area contributed by atoms with Crippen LogP contribution < -0.4 is 19.1 Å². The van der Waals surface area contributed by atoms with Gasteiger partial charge >= 0.3 is 0 Å². The van der Waals surface area contributed by atoms with Gasteiger partial charge in [-0.2, -0.15) is 0 Å². The normalized spacial score (nSPS) is 12.5. The molecule has 266 valence electrons. The molecule has 0 aliphatic heterocycles. The van der Waals surface area contributed by atoms with E-state index in [-0.39, 0.29) is 35.6 Å². The molecule has 2 atom stereocenters. The van der Waals surface area contributed by atoms with Crippen molar-refractivity contribution in [2.24, 2.45) is 0 Å². The third-order valence-electron chi connectivity index (χ3n) is 8.34. The van der Waals surface area contributed by atoms with E-state index in [4.69, 9.17) is 32.7 Å². The third-order valence-corrected chi connectivity index (χ3v) is 10.7. The fourth-order valence-corrected chi connectivity index (χ4v) is 7.44. The summed E-state index contributed by atoms with van der Waals surface area (Å²) in [5.74, 6) is -0.423. The van der Waals surface area contributed by atoms with Crippen LogP contribution >= 0.6 is 23.2 Å². The van der Waals surface area contributed by atoms with E-state index in [1.165, 1.54) is 37.3 Å². The molecule has 2 amide bonds. The molecule has 0 aliphatic carbocycles. The van der Waals surface area contributed by atoms with Crippen molar-refractivity contribution in [1.82, 2.24) is 10.2 Å². The summed E-state index contributed by atoms with van der Waals surface area (Å²) in [6.45, 7) is 6.84. The van der Waals surface area contributed by atoms with E-state index in [9.17, 15) is 18.0 Å². The summed E-state index contributed by atoms with van der Waals surface area (Å²) in [5, 5.41) is 3.75. The lowest BCUT2D eigenvalue weighted by molar-refractivity contribution is -0.140. The smallest absolute Gasteiger partial charge is 0.264 e. The maximum Gasteiger partial charge on any atom is 0.264 e. The van der Waals surface area contributed by atoms with Crippen LogP contribution in [-0.4, -0.2) is 58.0 Å². The Balaban J connectivity index is 1.88. The molecule has 50 heavy (non-hydrogen) atoms. The van der Waals surface area contributed by atoms with Gasteiger partial charge in [0, 0.05) is 35.1 Å². The highest BCUT2D eigenvalue weighted by Gasteiger charge is 2.35. The van der Waals surface area contributed by atoms with Crippen LogP contribution in [0.3, 0.4) is 0 Å². The van der Waals surface area contributed by atoms with E-state index >= 15 is 0 Å². The summed E-state index contributed by atoms with van der Waals surface area (Å²) in [6.07, 6.45) is 0.844. The number of carbonyl (C=O) groups is 2. The van der Waals surface area contributed by atoms with Gasteiger partial charge in [-0.25, -0.2) is 8.42 Å². The van der Waals surface area contributed by atoms with Crippen molar-refractivity contribution in [2.75, 3.05) is 25.1 Å². The molecule has 0 aromatic heterocycles. The number of amides is 2. The average molecular weight is 741 g/mol. The predicted octanol–water partition coefficient (Wildman–Crippen LogP) is 7.38. The summed E-state index contributed by atoms with van der Waals surface area (Å²) in [7, 11) is -1.51. The van der Waals surface area contributed by atoms with E-state index in [1.54, 1.807) is 30.3 Å². The van der Waals surface area contributed by atoms with Crippen molar-refractivity contribution in [3.63, 3.8) is 0 Å². The van der Waals surface area contributed by atoms with Crippen LogP contribution in [0.4, 0.5) is 5.69 Å². The number of aryl methyl sites for hydroxylation is 2. The molecule has 0 aliphatic rings. The van der Waals surface area contributed by atoms with Crippen LogP contribution in [0.25, 0.3) is 0 Å². The fraction of sp³-hybridized carbons (Fsp3) is 0.316. The van der Waals surface area contributed by atoms with Crippen molar-refractivity contribution in [3.8, 4) is 11.5 Å². The second-order valence-corrected chi connectivity index (χ2v) is 14.9. The largest absolute Gasteiger partial charge is 0.493 e. The van der Waals surface area contributed by atoms with Crippen LogP contribution in [0.15, 0.2) is 89.8 Å². The summed E-state index contributed by atoms with van der Waals surface area (Å²) in [6, 6.07) is 22.7. The Morgan fingerprint density at radius 3 is 2.12 bits per heavy atom. The molecule has 0 spiro atoms. The van der Waals surface area contributed by atoms with Crippen LogP contribution in [-0.2, 0) is 32.6 Å². The molecule has 0 fully saturated rings. The van der Waals surface area contributed by atoms with Crippen LogP contribution in [0.5, 0.6) is 11.5 Å². The number of halogens is 2. The number of anilines is 1. The molecular formula is C38H43Cl2N3O6S. The van der Waals surface area contributed by atoms with Gasteiger partial charge in [-0.3, -0.25) is 13.9 Å². The highest BCUT2D eigenvalue weighted by molar-refractivity contribution is 7.92. The van der Waals surface area contributed by atoms with Crippen LogP contribution in [0, 0.1) is 13.8 Å². The Bertz CT molecular complexity index is 1900. The van der Waals surface area contributed by atoms with Crippen molar-refractivity contribution in [2.45, 2.75) is 64.1 Å². The highest BCUT2D eigenvalue weighted by Crippen LogP contribution is 2.33. The molecule has 4 aromatic carbocycles. The number of rotatable bonds is 15. The number of carbonyl (C=O) groups excluding carboxylic acids is 2. The zero-order valence-electron chi connectivity index (χ0n) is 29.1. The molecule has 1 N–H and O–H groups in total. The summed E-state index contributed by atoms with van der Waals surface area (Å²) >= 11 is 12.8.